The molecule has 0 aliphatic rings. The number of amides is 1. The third-order valence-corrected chi connectivity index (χ3v) is 2.03. The van der Waals surface area contributed by atoms with Crippen LogP contribution in [0.4, 0.5) is 0 Å². The third kappa shape index (κ3) is 3.13. The Morgan fingerprint density at radius 3 is 2.93 bits per heavy atom. The molecule has 1 N–H and O–H groups in total. The minimum atomic E-state index is -0.419. The van der Waals surface area contributed by atoms with Crippen LogP contribution < -0.4 is 5.32 Å². The first-order valence-electron chi connectivity index (χ1n) is 4.93. The summed E-state index contributed by atoms with van der Waals surface area (Å²) in [5.41, 5.74) is 0.462. The van der Waals surface area contributed by atoms with Gasteiger partial charge >= 0.3 is 0 Å². The summed E-state index contributed by atoms with van der Waals surface area (Å²) < 4.78 is 5.02. The maximum atomic E-state index is 11.6. The van der Waals surface area contributed by atoms with Gasteiger partial charge in [0, 0.05) is 0 Å². The van der Waals surface area contributed by atoms with Gasteiger partial charge in [-0.2, -0.15) is 5.26 Å². The lowest BCUT2D eigenvalue weighted by Crippen LogP contribution is -2.33. The Balaban J connectivity index is 2.59. The van der Waals surface area contributed by atoms with Crippen molar-refractivity contribution in [3.8, 4) is 6.07 Å². The van der Waals surface area contributed by atoms with Gasteiger partial charge in [-0.1, -0.05) is 13.3 Å². The number of nitriles is 1. The maximum Gasteiger partial charge on any atom is 0.255 e. The Kier molecular flexibility index (Phi) is 3.92. The van der Waals surface area contributed by atoms with Gasteiger partial charge in [0.05, 0.1) is 11.6 Å². The van der Waals surface area contributed by atoms with E-state index in [0.29, 0.717) is 17.7 Å². The fourth-order valence-electron chi connectivity index (χ4n) is 1.26. The van der Waals surface area contributed by atoms with Gasteiger partial charge in [-0.15, -0.1) is 0 Å². The molecule has 4 nitrogen and oxygen atoms in total. The highest BCUT2D eigenvalue weighted by atomic mass is 16.3. The molecule has 0 aliphatic carbocycles. The fraction of sp³-hybridized carbons (Fsp3) is 0.455. The molecule has 0 spiro atoms. The molecule has 15 heavy (non-hydrogen) atoms. The van der Waals surface area contributed by atoms with Crippen molar-refractivity contribution in [2.24, 2.45) is 0 Å². The van der Waals surface area contributed by atoms with E-state index < -0.39 is 6.04 Å². The number of nitrogens with zero attached hydrogens (tertiary/aromatic N) is 1. The van der Waals surface area contributed by atoms with Crippen LogP contribution in [0.15, 0.2) is 16.7 Å². The van der Waals surface area contributed by atoms with Gasteiger partial charge in [0.15, 0.2) is 0 Å². The van der Waals surface area contributed by atoms with Crippen molar-refractivity contribution in [2.45, 2.75) is 32.7 Å². The number of hydrogen-bond acceptors (Lipinski definition) is 3. The molecule has 80 valence electrons. The standard InChI is InChI=1S/C11H14N2O2/c1-3-4-10(6-12)13-11(14)9-5-8(2)15-7-9/h5,7,10H,3-4H2,1-2H3,(H,13,14). The molecule has 1 atom stereocenters. The first-order chi connectivity index (χ1) is 7.17. The summed E-state index contributed by atoms with van der Waals surface area (Å²) >= 11 is 0. The molecule has 1 amide bonds. The van der Waals surface area contributed by atoms with Gasteiger partial charge < -0.3 is 9.73 Å². The van der Waals surface area contributed by atoms with Gasteiger partial charge in [-0.25, -0.2) is 0 Å². The number of carbonyl (C=O) groups is 1. The Morgan fingerprint density at radius 1 is 1.73 bits per heavy atom. The minimum absolute atomic E-state index is 0.258. The summed E-state index contributed by atoms with van der Waals surface area (Å²) in [6, 6.07) is 3.28. The van der Waals surface area contributed by atoms with E-state index in [2.05, 4.69) is 5.32 Å². The summed E-state index contributed by atoms with van der Waals surface area (Å²) in [4.78, 5) is 11.6. The quantitative estimate of drug-likeness (QED) is 0.819. The predicted molar refractivity (Wildman–Crippen MR) is 55.2 cm³/mol. The number of nitrogens with one attached hydrogen (secondary N) is 1. The summed E-state index contributed by atoms with van der Waals surface area (Å²) in [6.07, 6.45) is 2.92. The molecule has 0 saturated carbocycles. The maximum absolute atomic E-state index is 11.6. The number of rotatable bonds is 4. The molecule has 1 heterocycles. The second kappa shape index (κ2) is 5.20. The van der Waals surface area contributed by atoms with E-state index >= 15 is 0 Å². The monoisotopic (exact) mass is 206 g/mol. The van der Waals surface area contributed by atoms with Crippen molar-refractivity contribution in [1.82, 2.24) is 5.32 Å². The van der Waals surface area contributed by atoms with E-state index in [1.807, 2.05) is 13.0 Å². The van der Waals surface area contributed by atoms with Crippen LogP contribution in [0, 0.1) is 18.3 Å². The molecule has 0 aliphatic heterocycles. The lowest BCUT2D eigenvalue weighted by atomic mass is 10.2. The summed E-state index contributed by atoms with van der Waals surface area (Å²) in [6.45, 7) is 3.74. The molecule has 0 aromatic carbocycles. The Bertz CT molecular complexity index is 376. The summed E-state index contributed by atoms with van der Waals surface area (Å²) in [5.74, 6) is 0.427. The smallest absolute Gasteiger partial charge is 0.255 e. The average molecular weight is 206 g/mol. The molecular weight excluding hydrogens is 192 g/mol. The zero-order valence-electron chi connectivity index (χ0n) is 8.91. The van der Waals surface area contributed by atoms with Crippen LogP contribution in [0.1, 0.15) is 35.9 Å². The van der Waals surface area contributed by atoms with Gasteiger partial charge in [0.2, 0.25) is 0 Å². The van der Waals surface area contributed by atoms with Crippen molar-refractivity contribution < 1.29 is 9.21 Å². The minimum Gasteiger partial charge on any atom is -0.469 e. The van der Waals surface area contributed by atoms with E-state index in [1.54, 1.807) is 13.0 Å². The van der Waals surface area contributed by atoms with E-state index in [0.717, 1.165) is 6.42 Å². The van der Waals surface area contributed by atoms with Crippen LogP contribution in [0.2, 0.25) is 0 Å². The van der Waals surface area contributed by atoms with Crippen LogP contribution >= 0.6 is 0 Å². The van der Waals surface area contributed by atoms with Crippen LogP contribution in [0.25, 0.3) is 0 Å². The van der Waals surface area contributed by atoms with Crippen LogP contribution in [-0.2, 0) is 0 Å². The first kappa shape index (κ1) is 11.3. The van der Waals surface area contributed by atoms with E-state index in [-0.39, 0.29) is 5.91 Å². The van der Waals surface area contributed by atoms with Crippen molar-refractivity contribution in [1.29, 1.82) is 5.26 Å². The first-order valence-corrected chi connectivity index (χ1v) is 4.93. The van der Waals surface area contributed by atoms with Gasteiger partial charge in [-0.05, 0) is 19.4 Å². The highest BCUT2D eigenvalue weighted by Crippen LogP contribution is 2.06. The molecule has 1 aromatic heterocycles. The Labute approximate surface area is 88.9 Å². The van der Waals surface area contributed by atoms with Crippen molar-refractivity contribution in [3.05, 3.63) is 23.7 Å². The highest BCUT2D eigenvalue weighted by molar-refractivity contribution is 5.94. The highest BCUT2D eigenvalue weighted by Gasteiger charge is 2.13. The second-order valence-corrected chi connectivity index (χ2v) is 3.39. The van der Waals surface area contributed by atoms with Crippen molar-refractivity contribution >= 4 is 5.91 Å². The van der Waals surface area contributed by atoms with Gasteiger partial charge in [-0.3, -0.25) is 4.79 Å². The van der Waals surface area contributed by atoms with Crippen LogP contribution in [0.3, 0.4) is 0 Å². The Morgan fingerprint density at radius 2 is 2.47 bits per heavy atom. The van der Waals surface area contributed by atoms with Crippen molar-refractivity contribution in [2.75, 3.05) is 0 Å². The zero-order chi connectivity index (χ0) is 11.3. The number of hydrogen-bond donors (Lipinski definition) is 1. The molecule has 0 fully saturated rings. The number of aryl methyl sites for hydroxylation is 1. The number of furan rings is 1. The molecule has 1 rings (SSSR count). The average Bonchev–Trinajstić information content (AvgIpc) is 2.64. The van der Waals surface area contributed by atoms with Gasteiger partial charge in [0.1, 0.15) is 18.1 Å². The number of carbonyl (C=O) groups excluding carboxylic acids is 1. The molecule has 0 bridgehead atoms. The third-order valence-electron chi connectivity index (χ3n) is 2.03. The normalized spacial score (nSPS) is 11.8. The molecule has 0 saturated heterocycles. The Hall–Kier alpha value is -1.76. The molecule has 0 radical (unpaired) electrons. The lowest BCUT2D eigenvalue weighted by molar-refractivity contribution is 0.0943. The summed E-state index contributed by atoms with van der Waals surface area (Å²) in [7, 11) is 0. The second-order valence-electron chi connectivity index (χ2n) is 3.39. The summed E-state index contributed by atoms with van der Waals surface area (Å²) in [5, 5.41) is 11.4. The largest absolute Gasteiger partial charge is 0.469 e. The van der Waals surface area contributed by atoms with E-state index in [9.17, 15) is 4.79 Å². The topological polar surface area (TPSA) is 66.0 Å². The lowest BCUT2D eigenvalue weighted by Gasteiger charge is -2.08. The van der Waals surface area contributed by atoms with Gasteiger partial charge in [0.25, 0.3) is 5.91 Å². The van der Waals surface area contributed by atoms with Crippen molar-refractivity contribution in [3.63, 3.8) is 0 Å². The molecule has 1 unspecified atom stereocenters. The fourth-order valence-corrected chi connectivity index (χ4v) is 1.26. The van der Waals surface area contributed by atoms with Crippen LogP contribution in [-0.4, -0.2) is 11.9 Å². The molecule has 4 heteroatoms. The molecular formula is C11H14N2O2. The zero-order valence-corrected chi connectivity index (χ0v) is 8.91. The predicted octanol–water partition coefficient (Wildman–Crippen LogP) is 2.01. The SMILES string of the molecule is CCCC(C#N)NC(=O)c1coc(C)c1. The van der Waals surface area contributed by atoms with Crippen LogP contribution in [0.5, 0.6) is 0 Å². The molecule has 1 aromatic rings. The van der Waals surface area contributed by atoms with E-state index in [4.69, 9.17) is 9.68 Å². The van der Waals surface area contributed by atoms with E-state index in [1.165, 1.54) is 6.26 Å².